The Labute approximate surface area is 150 Å². The highest BCUT2D eigenvalue weighted by molar-refractivity contribution is 5.94. The molecule has 2 aromatic carbocycles. The first-order chi connectivity index (χ1) is 12.7. The van der Waals surface area contributed by atoms with Gasteiger partial charge in [0.15, 0.2) is 11.5 Å². The van der Waals surface area contributed by atoms with Crippen molar-refractivity contribution in [1.29, 1.82) is 0 Å². The highest BCUT2D eigenvalue weighted by atomic mass is 16.5. The fraction of sp³-hybridized carbons (Fsp3) is 0.211. The molecule has 1 amide bonds. The molecular formula is C19H19N3O4. The van der Waals surface area contributed by atoms with Crippen molar-refractivity contribution >= 4 is 5.91 Å². The van der Waals surface area contributed by atoms with Gasteiger partial charge in [-0.2, -0.15) is 4.98 Å². The molecule has 0 saturated carbocycles. The van der Waals surface area contributed by atoms with E-state index in [-0.39, 0.29) is 5.91 Å². The number of methoxy groups -OCH3 is 2. The van der Waals surface area contributed by atoms with Crippen molar-refractivity contribution in [2.75, 3.05) is 20.8 Å². The monoisotopic (exact) mass is 353 g/mol. The van der Waals surface area contributed by atoms with E-state index in [9.17, 15) is 4.79 Å². The molecule has 7 heteroatoms. The Morgan fingerprint density at radius 3 is 2.58 bits per heavy atom. The number of ether oxygens (including phenoxy) is 2. The Kier molecular flexibility index (Phi) is 5.48. The number of amides is 1. The van der Waals surface area contributed by atoms with E-state index in [1.54, 1.807) is 38.5 Å². The molecule has 0 atom stereocenters. The van der Waals surface area contributed by atoms with E-state index < -0.39 is 0 Å². The van der Waals surface area contributed by atoms with E-state index in [1.165, 1.54) is 0 Å². The number of hydrogen-bond acceptors (Lipinski definition) is 6. The van der Waals surface area contributed by atoms with E-state index in [0.29, 0.717) is 41.7 Å². The van der Waals surface area contributed by atoms with Gasteiger partial charge < -0.3 is 19.3 Å². The minimum absolute atomic E-state index is 0.134. The normalized spacial score (nSPS) is 10.4. The fourth-order valence-corrected chi connectivity index (χ4v) is 2.42. The SMILES string of the molecule is COc1ccc(-c2noc(CCNC(=O)c3ccccc3)n2)cc1OC. The zero-order valence-corrected chi connectivity index (χ0v) is 14.6. The van der Waals surface area contributed by atoms with Gasteiger partial charge in [0.25, 0.3) is 5.91 Å². The van der Waals surface area contributed by atoms with Crippen LogP contribution in [0.4, 0.5) is 0 Å². The highest BCUT2D eigenvalue weighted by Gasteiger charge is 2.12. The number of aromatic nitrogens is 2. The van der Waals surface area contributed by atoms with Crippen molar-refractivity contribution in [2.24, 2.45) is 0 Å². The Morgan fingerprint density at radius 2 is 1.85 bits per heavy atom. The molecule has 7 nitrogen and oxygen atoms in total. The van der Waals surface area contributed by atoms with Crippen LogP contribution in [0.1, 0.15) is 16.2 Å². The van der Waals surface area contributed by atoms with Crippen LogP contribution in [-0.2, 0) is 6.42 Å². The second-order valence-corrected chi connectivity index (χ2v) is 5.45. The third-order valence-corrected chi connectivity index (χ3v) is 3.77. The lowest BCUT2D eigenvalue weighted by Crippen LogP contribution is -2.25. The second-order valence-electron chi connectivity index (χ2n) is 5.45. The van der Waals surface area contributed by atoms with Gasteiger partial charge in [0.1, 0.15) is 0 Å². The van der Waals surface area contributed by atoms with Crippen molar-refractivity contribution in [2.45, 2.75) is 6.42 Å². The first-order valence-electron chi connectivity index (χ1n) is 8.09. The van der Waals surface area contributed by atoms with Gasteiger partial charge in [-0.1, -0.05) is 23.4 Å². The van der Waals surface area contributed by atoms with E-state index in [2.05, 4.69) is 15.5 Å². The summed E-state index contributed by atoms with van der Waals surface area (Å²) in [7, 11) is 3.15. The molecule has 0 unspecified atom stereocenters. The third-order valence-electron chi connectivity index (χ3n) is 3.77. The largest absolute Gasteiger partial charge is 0.493 e. The fourth-order valence-electron chi connectivity index (χ4n) is 2.42. The third kappa shape index (κ3) is 4.00. The zero-order valence-electron chi connectivity index (χ0n) is 14.6. The van der Waals surface area contributed by atoms with Crippen LogP contribution in [0.5, 0.6) is 11.5 Å². The molecule has 0 aliphatic carbocycles. The van der Waals surface area contributed by atoms with Crippen molar-refractivity contribution in [3.63, 3.8) is 0 Å². The van der Waals surface area contributed by atoms with Gasteiger partial charge >= 0.3 is 0 Å². The van der Waals surface area contributed by atoms with Gasteiger partial charge in [-0.05, 0) is 30.3 Å². The molecule has 0 aliphatic rings. The molecule has 0 saturated heterocycles. The summed E-state index contributed by atoms with van der Waals surface area (Å²) in [6, 6.07) is 14.4. The number of nitrogens with zero attached hydrogens (tertiary/aromatic N) is 2. The van der Waals surface area contributed by atoms with Crippen LogP contribution >= 0.6 is 0 Å². The molecule has 0 aliphatic heterocycles. The van der Waals surface area contributed by atoms with Crippen LogP contribution in [0, 0.1) is 0 Å². The first-order valence-corrected chi connectivity index (χ1v) is 8.09. The molecule has 1 aromatic heterocycles. The maximum Gasteiger partial charge on any atom is 0.251 e. The maximum absolute atomic E-state index is 12.0. The van der Waals surface area contributed by atoms with Crippen LogP contribution in [0.2, 0.25) is 0 Å². The summed E-state index contributed by atoms with van der Waals surface area (Å²) < 4.78 is 15.7. The summed E-state index contributed by atoms with van der Waals surface area (Å²) in [5.41, 5.74) is 1.37. The maximum atomic E-state index is 12.0. The second kappa shape index (κ2) is 8.15. The lowest BCUT2D eigenvalue weighted by molar-refractivity contribution is 0.0953. The highest BCUT2D eigenvalue weighted by Crippen LogP contribution is 2.31. The van der Waals surface area contributed by atoms with Gasteiger partial charge in [0, 0.05) is 24.1 Å². The van der Waals surface area contributed by atoms with Crippen LogP contribution in [0.25, 0.3) is 11.4 Å². The summed E-state index contributed by atoms with van der Waals surface area (Å²) in [5.74, 6) is 1.98. The van der Waals surface area contributed by atoms with Crippen LogP contribution in [0.3, 0.4) is 0 Å². The van der Waals surface area contributed by atoms with Crippen molar-refractivity contribution < 1.29 is 18.8 Å². The molecule has 3 aromatic rings. The molecule has 0 fully saturated rings. The molecule has 0 spiro atoms. The van der Waals surface area contributed by atoms with Crippen molar-refractivity contribution in [1.82, 2.24) is 15.5 Å². The summed E-state index contributed by atoms with van der Waals surface area (Å²) in [5, 5.41) is 6.80. The summed E-state index contributed by atoms with van der Waals surface area (Å²) in [4.78, 5) is 16.3. The number of hydrogen-bond donors (Lipinski definition) is 1. The van der Waals surface area contributed by atoms with Gasteiger partial charge in [0.05, 0.1) is 14.2 Å². The first kappa shape index (κ1) is 17.5. The van der Waals surface area contributed by atoms with E-state index >= 15 is 0 Å². The van der Waals surface area contributed by atoms with Gasteiger partial charge in [0.2, 0.25) is 11.7 Å². The quantitative estimate of drug-likeness (QED) is 0.703. The zero-order chi connectivity index (χ0) is 18.4. The Bertz CT molecular complexity index is 878. The Morgan fingerprint density at radius 1 is 1.08 bits per heavy atom. The predicted octanol–water partition coefficient (Wildman–Crippen LogP) is 2.73. The van der Waals surface area contributed by atoms with Gasteiger partial charge in [-0.3, -0.25) is 4.79 Å². The van der Waals surface area contributed by atoms with E-state index in [4.69, 9.17) is 14.0 Å². The smallest absolute Gasteiger partial charge is 0.251 e. The molecule has 3 rings (SSSR count). The van der Waals surface area contributed by atoms with E-state index in [1.807, 2.05) is 24.3 Å². The summed E-state index contributed by atoms with van der Waals surface area (Å²) >= 11 is 0. The molecular weight excluding hydrogens is 334 g/mol. The summed E-state index contributed by atoms with van der Waals surface area (Å²) in [6.45, 7) is 0.404. The molecule has 26 heavy (non-hydrogen) atoms. The molecule has 0 bridgehead atoms. The predicted molar refractivity (Wildman–Crippen MR) is 95.3 cm³/mol. The van der Waals surface area contributed by atoms with Crippen LogP contribution < -0.4 is 14.8 Å². The van der Waals surface area contributed by atoms with Crippen molar-refractivity contribution in [3.05, 3.63) is 60.0 Å². The minimum atomic E-state index is -0.134. The number of carbonyl (C=O) groups is 1. The number of carbonyl (C=O) groups excluding carboxylic acids is 1. The van der Waals surface area contributed by atoms with Gasteiger partial charge in [-0.15, -0.1) is 0 Å². The Balaban J connectivity index is 1.61. The van der Waals surface area contributed by atoms with Crippen LogP contribution in [0.15, 0.2) is 53.1 Å². The molecule has 1 heterocycles. The summed E-state index contributed by atoms with van der Waals surface area (Å²) in [6.07, 6.45) is 0.443. The minimum Gasteiger partial charge on any atom is -0.493 e. The average molecular weight is 353 g/mol. The van der Waals surface area contributed by atoms with E-state index in [0.717, 1.165) is 5.56 Å². The van der Waals surface area contributed by atoms with Crippen LogP contribution in [-0.4, -0.2) is 36.8 Å². The average Bonchev–Trinajstić information content (AvgIpc) is 3.17. The molecule has 134 valence electrons. The van der Waals surface area contributed by atoms with Crippen molar-refractivity contribution in [3.8, 4) is 22.9 Å². The lowest BCUT2D eigenvalue weighted by Gasteiger charge is -2.07. The standard InChI is InChI=1S/C19H19N3O4/c1-24-15-9-8-14(12-16(15)25-2)18-21-17(26-22-18)10-11-20-19(23)13-6-4-3-5-7-13/h3-9,12H,10-11H2,1-2H3,(H,20,23). The van der Waals surface area contributed by atoms with Gasteiger partial charge in [-0.25, -0.2) is 0 Å². The number of rotatable bonds is 7. The lowest BCUT2D eigenvalue weighted by atomic mass is 10.2. The Hall–Kier alpha value is -3.35. The number of nitrogens with one attached hydrogen (secondary N) is 1. The molecule has 1 N–H and O–H groups in total. The topological polar surface area (TPSA) is 86.5 Å². The number of benzene rings is 2. The molecule has 0 radical (unpaired) electrons.